The topological polar surface area (TPSA) is 58.1 Å². The Morgan fingerprint density at radius 1 is 1.04 bits per heavy atom. The number of nitrogens with one attached hydrogen (secondary N) is 1. The van der Waals surface area contributed by atoms with Crippen molar-refractivity contribution >= 4 is 17.4 Å². The average Bonchev–Trinajstić information content (AvgIpc) is 2.59. The highest BCUT2D eigenvalue weighted by Crippen LogP contribution is 2.19. The molecule has 0 atom stereocenters. The van der Waals surface area contributed by atoms with Crippen LogP contribution >= 0.6 is 0 Å². The molecular formula is C18H22N4O. The number of benzene rings is 1. The van der Waals surface area contributed by atoms with Gasteiger partial charge in [0.1, 0.15) is 0 Å². The zero-order valence-electron chi connectivity index (χ0n) is 13.7. The number of piperidine rings is 1. The minimum absolute atomic E-state index is 0.226. The maximum atomic E-state index is 12.3. The first-order valence-electron chi connectivity index (χ1n) is 8.11. The third-order valence-electron chi connectivity index (χ3n) is 4.20. The normalized spacial score (nSPS) is 14.6. The highest BCUT2D eigenvalue weighted by atomic mass is 16.1. The first-order chi connectivity index (χ1) is 11.1. The molecule has 1 aliphatic rings. The predicted octanol–water partition coefficient (Wildman–Crippen LogP) is 3.34. The first kappa shape index (κ1) is 15.5. The van der Waals surface area contributed by atoms with E-state index >= 15 is 0 Å². The molecule has 120 valence electrons. The molecule has 0 unspecified atom stereocenters. The van der Waals surface area contributed by atoms with E-state index in [1.807, 2.05) is 38.1 Å². The molecule has 0 spiro atoms. The van der Waals surface area contributed by atoms with Gasteiger partial charge in [-0.05, 0) is 62.4 Å². The average molecular weight is 310 g/mol. The number of aromatic nitrogens is 2. The van der Waals surface area contributed by atoms with Gasteiger partial charge in [0.05, 0.1) is 0 Å². The number of carbonyl (C=O) groups is 1. The molecular weight excluding hydrogens is 288 g/mol. The molecule has 5 heteroatoms. The SMILES string of the molecule is Cc1ccc(C)c(NC(=O)c2ccc(N3CCCCC3)nn2)c1. The van der Waals surface area contributed by atoms with Gasteiger partial charge < -0.3 is 10.2 Å². The summed E-state index contributed by atoms with van der Waals surface area (Å²) in [6.07, 6.45) is 3.66. The maximum absolute atomic E-state index is 12.3. The molecule has 5 nitrogen and oxygen atoms in total. The minimum Gasteiger partial charge on any atom is -0.355 e. The lowest BCUT2D eigenvalue weighted by atomic mass is 10.1. The van der Waals surface area contributed by atoms with Crippen molar-refractivity contribution in [3.05, 3.63) is 47.2 Å². The van der Waals surface area contributed by atoms with E-state index in [0.29, 0.717) is 5.69 Å². The van der Waals surface area contributed by atoms with E-state index in [1.165, 1.54) is 19.3 Å². The Hall–Kier alpha value is -2.43. The van der Waals surface area contributed by atoms with Crippen LogP contribution < -0.4 is 10.2 Å². The lowest BCUT2D eigenvalue weighted by Crippen LogP contribution is -2.30. The van der Waals surface area contributed by atoms with Gasteiger partial charge in [0.15, 0.2) is 11.5 Å². The van der Waals surface area contributed by atoms with Crippen molar-refractivity contribution in [1.82, 2.24) is 10.2 Å². The summed E-state index contributed by atoms with van der Waals surface area (Å²) in [6, 6.07) is 9.62. The second-order valence-electron chi connectivity index (χ2n) is 6.10. The second-order valence-corrected chi connectivity index (χ2v) is 6.10. The first-order valence-corrected chi connectivity index (χ1v) is 8.11. The summed E-state index contributed by atoms with van der Waals surface area (Å²) >= 11 is 0. The van der Waals surface area contributed by atoms with Crippen LogP contribution in [0.5, 0.6) is 0 Å². The van der Waals surface area contributed by atoms with Gasteiger partial charge in [-0.15, -0.1) is 10.2 Å². The molecule has 1 fully saturated rings. The zero-order valence-corrected chi connectivity index (χ0v) is 13.7. The molecule has 2 aromatic rings. The van der Waals surface area contributed by atoms with Gasteiger partial charge >= 0.3 is 0 Å². The predicted molar refractivity (Wildman–Crippen MR) is 92.0 cm³/mol. The van der Waals surface area contributed by atoms with E-state index in [-0.39, 0.29) is 5.91 Å². The quantitative estimate of drug-likeness (QED) is 0.944. The third-order valence-corrected chi connectivity index (χ3v) is 4.20. The van der Waals surface area contributed by atoms with E-state index in [9.17, 15) is 4.79 Å². The fourth-order valence-electron chi connectivity index (χ4n) is 2.79. The highest BCUT2D eigenvalue weighted by molar-refractivity contribution is 6.03. The molecule has 1 aliphatic heterocycles. The van der Waals surface area contributed by atoms with Crippen molar-refractivity contribution in [2.75, 3.05) is 23.3 Å². The van der Waals surface area contributed by atoms with E-state index in [0.717, 1.165) is 35.7 Å². The number of anilines is 2. The van der Waals surface area contributed by atoms with Crippen LogP contribution in [0.2, 0.25) is 0 Å². The number of rotatable bonds is 3. The summed E-state index contributed by atoms with van der Waals surface area (Å²) in [5.41, 5.74) is 3.29. The summed E-state index contributed by atoms with van der Waals surface area (Å²) in [7, 11) is 0. The third kappa shape index (κ3) is 3.67. The van der Waals surface area contributed by atoms with E-state index in [2.05, 4.69) is 20.4 Å². The van der Waals surface area contributed by atoms with E-state index in [4.69, 9.17) is 0 Å². The fraction of sp³-hybridized carbons (Fsp3) is 0.389. The van der Waals surface area contributed by atoms with Gasteiger partial charge in [0.25, 0.3) is 5.91 Å². The number of carbonyl (C=O) groups excluding carboxylic acids is 1. The summed E-state index contributed by atoms with van der Waals surface area (Å²) < 4.78 is 0. The molecule has 1 N–H and O–H groups in total. The summed E-state index contributed by atoms with van der Waals surface area (Å²) in [5, 5.41) is 11.2. The van der Waals surface area contributed by atoms with Crippen LogP contribution in [-0.4, -0.2) is 29.2 Å². The van der Waals surface area contributed by atoms with Crippen LogP contribution in [0.25, 0.3) is 0 Å². The van der Waals surface area contributed by atoms with Gasteiger partial charge in [-0.1, -0.05) is 12.1 Å². The molecule has 2 heterocycles. The monoisotopic (exact) mass is 310 g/mol. The van der Waals surface area contributed by atoms with Gasteiger partial charge in [0, 0.05) is 18.8 Å². The minimum atomic E-state index is -0.226. The Labute approximate surface area is 136 Å². The standard InChI is InChI=1S/C18H22N4O/c1-13-6-7-14(2)16(12-13)19-18(23)15-8-9-17(21-20-15)22-10-4-3-5-11-22/h6-9,12H,3-5,10-11H2,1-2H3,(H,19,23). The molecule has 0 radical (unpaired) electrons. The lowest BCUT2D eigenvalue weighted by Gasteiger charge is -2.27. The molecule has 0 aliphatic carbocycles. The molecule has 0 bridgehead atoms. The van der Waals surface area contributed by atoms with Gasteiger partial charge in [-0.25, -0.2) is 0 Å². The van der Waals surface area contributed by atoms with E-state index < -0.39 is 0 Å². The molecule has 1 amide bonds. The second kappa shape index (κ2) is 6.77. The smallest absolute Gasteiger partial charge is 0.276 e. The maximum Gasteiger partial charge on any atom is 0.276 e. The van der Waals surface area contributed by atoms with Crippen molar-refractivity contribution in [3.63, 3.8) is 0 Å². The van der Waals surface area contributed by atoms with E-state index in [1.54, 1.807) is 6.07 Å². The van der Waals surface area contributed by atoms with Crippen molar-refractivity contribution in [2.24, 2.45) is 0 Å². The summed E-state index contributed by atoms with van der Waals surface area (Å²) in [6.45, 7) is 6.01. The van der Waals surface area contributed by atoms with Crippen molar-refractivity contribution in [3.8, 4) is 0 Å². The number of aryl methyl sites for hydroxylation is 2. The van der Waals surface area contributed by atoms with Crippen molar-refractivity contribution in [2.45, 2.75) is 33.1 Å². The van der Waals surface area contributed by atoms with Crippen LogP contribution in [0.4, 0.5) is 11.5 Å². The van der Waals surface area contributed by atoms with Crippen LogP contribution in [0.15, 0.2) is 30.3 Å². The molecule has 1 saturated heterocycles. The van der Waals surface area contributed by atoms with Crippen LogP contribution in [0, 0.1) is 13.8 Å². The Bertz CT molecular complexity index is 691. The molecule has 23 heavy (non-hydrogen) atoms. The van der Waals surface area contributed by atoms with Crippen molar-refractivity contribution in [1.29, 1.82) is 0 Å². The number of nitrogens with zero attached hydrogens (tertiary/aromatic N) is 3. The van der Waals surface area contributed by atoms with Gasteiger partial charge in [-0.3, -0.25) is 4.79 Å². The number of hydrogen-bond donors (Lipinski definition) is 1. The van der Waals surface area contributed by atoms with Crippen LogP contribution in [-0.2, 0) is 0 Å². The summed E-state index contributed by atoms with van der Waals surface area (Å²) in [4.78, 5) is 14.6. The molecule has 1 aromatic heterocycles. The zero-order chi connectivity index (χ0) is 16.2. The Balaban J connectivity index is 1.71. The Morgan fingerprint density at radius 2 is 1.83 bits per heavy atom. The van der Waals surface area contributed by atoms with Crippen LogP contribution in [0.1, 0.15) is 40.9 Å². The van der Waals surface area contributed by atoms with Gasteiger partial charge in [0.2, 0.25) is 0 Å². The Kier molecular flexibility index (Phi) is 4.55. The number of hydrogen-bond acceptors (Lipinski definition) is 4. The Morgan fingerprint density at radius 3 is 2.52 bits per heavy atom. The number of amides is 1. The summed E-state index contributed by atoms with van der Waals surface area (Å²) in [5.74, 6) is 0.629. The van der Waals surface area contributed by atoms with Gasteiger partial charge in [-0.2, -0.15) is 0 Å². The van der Waals surface area contributed by atoms with Crippen LogP contribution in [0.3, 0.4) is 0 Å². The molecule has 3 rings (SSSR count). The van der Waals surface area contributed by atoms with Crippen molar-refractivity contribution < 1.29 is 4.79 Å². The fourth-order valence-corrected chi connectivity index (χ4v) is 2.79. The molecule has 1 aromatic carbocycles. The molecule has 0 saturated carbocycles. The largest absolute Gasteiger partial charge is 0.355 e. The highest BCUT2D eigenvalue weighted by Gasteiger charge is 2.14. The lowest BCUT2D eigenvalue weighted by molar-refractivity contribution is 0.102.